The second-order valence-corrected chi connectivity index (χ2v) is 9.48. The Kier molecular flexibility index (Phi) is 4.23. The molecule has 1 aliphatic heterocycles. The van der Waals surface area contributed by atoms with Crippen LogP contribution in [-0.4, -0.2) is 31.1 Å². The van der Waals surface area contributed by atoms with Crippen molar-refractivity contribution in [1.82, 2.24) is 24.6 Å². The van der Waals surface area contributed by atoms with Crippen molar-refractivity contribution in [1.29, 1.82) is 0 Å². The maximum atomic E-state index is 13.0. The maximum Gasteiger partial charge on any atom is 0.419 e. The highest BCUT2D eigenvalue weighted by molar-refractivity contribution is 6.23. The second kappa shape index (κ2) is 7.19. The van der Waals surface area contributed by atoms with Gasteiger partial charge in [0.1, 0.15) is 0 Å². The molecule has 36 heavy (non-hydrogen) atoms. The van der Waals surface area contributed by atoms with Gasteiger partial charge >= 0.3 is 6.18 Å². The lowest BCUT2D eigenvalue weighted by Crippen LogP contribution is -2.31. The fraction of sp³-hybridized carbons (Fsp3) is 0.222. The predicted octanol–water partition coefficient (Wildman–Crippen LogP) is 6.11. The highest BCUT2D eigenvalue weighted by Gasteiger charge is 2.32. The number of aryl methyl sites for hydroxylation is 2. The van der Waals surface area contributed by atoms with Gasteiger partial charge < -0.3 is 9.88 Å². The van der Waals surface area contributed by atoms with Crippen LogP contribution in [-0.2, 0) is 19.1 Å². The van der Waals surface area contributed by atoms with E-state index in [0.717, 1.165) is 67.3 Å². The molecular formula is C27H21F3N6. The number of nitrogens with one attached hydrogen (secondary N) is 1. The average Bonchev–Trinajstić information content (AvgIpc) is 3.49. The third-order valence-corrected chi connectivity index (χ3v) is 7.30. The number of aromatic amines is 1. The number of pyridine rings is 1. The van der Waals surface area contributed by atoms with Crippen molar-refractivity contribution >= 4 is 44.0 Å². The van der Waals surface area contributed by atoms with Gasteiger partial charge in [0.25, 0.3) is 0 Å². The predicted molar refractivity (Wildman–Crippen MR) is 133 cm³/mol. The third kappa shape index (κ3) is 2.88. The molecule has 6 aromatic rings. The summed E-state index contributed by atoms with van der Waals surface area (Å²) in [7, 11) is 0. The minimum atomic E-state index is -4.46. The first-order chi connectivity index (χ1) is 17.3. The Morgan fingerprint density at radius 3 is 2.53 bits per heavy atom. The number of benzene rings is 2. The molecule has 0 saturated heterocycles. The van der Waals surface area contributed by atoms with E-state index in [1.54, 1.807) is 0 Å². The van der Waals surface area contributed by atoms with E-state index in [1.165, 1.54) is 5.56 Å². The van der Waals surface area contributed by atoms with Gasteiger partial charge in [0.2, 0.25) is 5.95 Å². The Morgan fingerprint density at radius 2 is 1.75 bits per heavy atom. The molecule has 0 amide bonds. The molecule has 0 atom stereocenters. The lowest BCUT2D eigenvalue weighted by molar-refractivity contribution is -0.138. The number of halogens is 3. The topological polar surface area (TPSA) is 62.1 Å². The van der Waals surface area contributed by atoms with Crippen LogP contribution in [0.2, 0.25) is 0 Å². The fourth-order valence-corrected chi connectivity index (χ4v) is 5.63. The van der Waals surface area contributed by atoms with Gasteiger partial charge in [0, 0.05) is 65.3 Å². The number of hydrogen-bond donors (Lipinski definition) is 1. The largest absolute Gasteiger partial charge is 0.419 e. The number of alkyl halides is 3. The molecular weight excluding hydrogens is 465 g/mol. The standard InChI is InChI=1S/C27H21F3N6/c1-14-4-3-5-17-19-10-15(2)23-18(6-8-31-23)22(19)25-20-13-35(9-7-21(20)34-36(25)24(14)17)26-32-11-16(12-33-26)27(28,29)30/h3-6,8,10-12,31H,7,9,13H2,1-2H3. The quantitative estimate of drug-likeness (QED) is 0.285. The van der Waals surface area contributed by atoms with E-state index >= 15 is 0 Å². The summed E-state index contributed by atoms with van der Waals surface area (Å²) in [4.78, 5) is 13.4. The highest BCUT2D eigenvalue weighted by Crippen LogP contribution is 2.40. The Labute approximate surface area is 203 Å². The molecule has 4 aromatic heterocycles. The van der Waals surface area contributed by atoms with E-state index in [-0.39, 0.29) is 5.95 Å². The summed E-state index contributed by atoms with van der Waals surface area (Å²) in [5, 5.41) is 9.63. The summed E-state index contributed by atoms with van der Waals surface area (Å²) in [5.41, 5.74) is 6.70. The van der Waals surface area contributed by atoms with Crippen molar-refractivity contribution in [3.05, 3.63) is 76.9 Å². The van der Waals surface area contributed by atoms with Crippen molar-refractivity contribution in [3.63, 3.8) is 0 Å². The van der Waals surface area contributed by atoms with Gasteiger partial charge in [-0.25, -0.2) is 14.5 Å². The van der Waals surface area contributed by atoms with E-state index in [2.05, 4.69) is 63.6 Å². The number of hydrogen-bond acceptors (Lipinski definition) is 4. The minimum Gasteiger partial charge on any atom is -0.361 e. The SMILES string of the molecule is Cc1cc2c3cccc(C)c3n3nc4c(c3c2c2cc[nH]c12)CN(c1ncc(C(F)(F)F)cn1)CC4. The molecule has 0 saturated carbocycles. The summed E-state index contributed by atoms with van der Waals surface area (Å²) >= 11 is 0. The van der Waals surface area contributed by atoms with Crippen LogP contribution in [0.1, 0.15) is 27.9 Å². The lowest BCUT2D eigenvalue weighted by Gasteiger charge is -2.26. The minimum absolute atomic E-state index is 0.289. The normalized spacial score (nSPS) is 14.4. The van der Waals surface area contributed by atoms with Crippen molar-refractivity contribution in [2.75, 3.05) is 11.4 Å². The van der Waals surface area contributed by atoms with Crippen LogP contribution in [0.25, 0.3) is 38.1 Å². The molecule has 9 heteroatoms. The first-order valence-corrected chi connectivity index (χ1v) is 11.8. The number of aromatic nitrogens is 5. The summed E-state index contributed by atoms with van der Waals surface area (Å²) < 4.78 is 41.1. The molecule has 1 N–H and O–H groups in total. The van der Waals surface area contributed by atoms with Crippen molar-refractivity contribution in [3.8, 4) is 0 Å². The molecule has 0 radical (unpaired) electrons. The molecule has 0 unspecified atom stereocenters. The molecule has 180 valence electrons. The maximum absolute atomic E-state index is 13.0. The molecule has 1 aliphatic rings. The first kappa shape index (κ1) is 21.2. The van der Waals surface area contributed by atoms with E-state index in [0.29, 0.717) is 19.5 Å². The number of anilines is 1. The van der Waals surface area contributed by atoms with Gasteiger partial charge in [-0.1, -0.05) is 18.2 Å². The molecule has 0 fully saturated rings. The van der Waals surface area contributed by atoms with Gasteiger partial charge in [0.15, 0.2) is 0 Å². The van der Waals surface area contributed by atoms with E-state index < -0.39 is 11.7 Å². The zero-order chi connectivity index (χ0) is 24.8. The monoisotopic (exact) mass is 486 g/mol. The molecule has 0 bridgehead atoms. The Bertz CT molecular complexity index is 1830. The van der Waals surface area contributed by atoms with Gasteiger partial charge in [0.05, 0.1) is 22.3 Å². The van der Waals surface area contributed by atoms with Crippen LogP contribution in [0.5, 0.6) is 0 Å². The number of fused-ring (bicyclic) bond motifs is 10. The van der Waals surface area contributed by atoms with Crippen LogP contribution >= 0.6 is 0 Å². The average molecular weight is 487 g/mol. The highest BCUT2D eigenvalue weighted by atomic mass is 19.4. The van der Waals surface area contributed by atoms with Crippen LogP contribution in [0, 0.1) is 13.8 Å². The fourth-order valence-electron chi connectivity index (χ4n) is 5.63. The van der Waals surface area contributed by atoms with Gasteiger partial charge in [-0.15, -0.1) is 0 Å². The number of nitrogens with zero attached hydrogens (tertiary/aromatic N) is 5. The number of H-pyrrole nitrogens is 1. The smallest absolute Gasteiger partial charge is 0.361 e. The third-order valence-electron chi connectivity index (χ3n) is 7.30. The number of rotatable bonds is 1. The lowest BCUT2D eigenvalue weighted by atomic mass is 9.95. The van der Waals surface area contributed by atoms with Crippen LogP contribution < -0.4 is 4.90 Å². The summed E-state index contributed by atoms with van der Waals surface area (Å²) in [6.07, 6.45) is -0.149. The van der Waals surface area contributed by atoms with Crippen LogP contribution in [0.3, 0.4) is 0 Å². The summed E-state index contributed by atoms with van der Waals surface area (Å²) in [6.45, 7) is 5.25. The zero-order valence-corrected chi connectivity index (χ0v) is 19.6. The van der Waals surface area contributed by atoms with Crippen LogP contribution in [0.15, 0.2) is 48.9 Å². The van der Waals surface area contributed by atoms with Crippen molar-refractivity contribution in [2.24, 2.45) is 0 Å². The summed E-state index contributed by atoms with van der Waals surface area (Å²) in [5.74, 6) is 0.289. The molecule has 0 spiro atoms. The Balaban J connectivity index is 1.50. The van der Waals surface area contributed by atoms with E-state index in [9.17, 15) is 13.2 Å². The van der Waals surface area contributed by atoms with Crippen LogP contribution in [0.4, 0.5) is 19.1 Å². The molecule has 0 aliphatic carbocycles. The first-order valence-electron chi connectivity index (χ1n) is 11.8. The molecule has 2 aromatic carbocycles. The number of para-hydroxylation sites is 1. The van der Waals surface area contributed by atoms with Gasteiger partial charge in [-0.2, -0.15) is 18.3 Å². The van der Waals surface area contributed by atoms with Crippen molar-refractivity contribution in [2.45, 2.75) is 33.0 Å². The second-order valence-electron chi connectivity index (χ2n) is 9.48. The molecule has 5 heterocycles. The van der Waals surface area contributed by atoms with E-state index in [4.69, 9.17) is 5.10 Å². The molecule has 7 rings (SSSR count). The Morgan fingerprint density at radius 1 is 0.944 bits per heavy atom. The van der Waals surface area contributed by atoms with Gasteiger partial charge in [-0.3, -0.25) is 0 Å². The summed E-state index contributed by atoms with van der Waals surface area (Å²) in [6, 6.07) is 10.6. The van der Waals surface area contributed by atoms with E-state index in [1.807, 2.05) is 11.1 Å². The molecule has 6 nitrogen and oxygen atoms in total. The Hall–Kier alpha value is -4.14. The zero-order valence-electron chi connectivity index (χ0n) is 19.6. The van der Waals surface area contributed by atoms with Crippen molar-refractivity contribution < 1.29 is 13.2 Å². The van der Waals surface area contributed by atoms with Gasteiger partial charge in [-0.05, 0) is 42.5 Å².